The maximum absolute atomic E-state index is 5.18. The molecule has 0 fully saturated rings. The Morgan fingerprint density at radius 1 is 0.360 bits per heavy atom. The first-order chi connectivity index (χ1) is 24.8. The lowest BCUT2D eigenvalue weighted by Crippen LogP contribution is -1.97. The minimum absolute atomic E-state index is 0.712. The number of fused-ring (bicyclic) bond motifs is 6. The molecule has 0 N–H and O–H groups in total. The Kier molecular flexibility index (Phi) is 6.46. The summed E-state index contributed by atoms with van der Waals surface area (Å²) in [6.45, 7) is 0. The minimum Gasteiger partial charge on any atom is -0.317 e. The number of nitrogens with zero attached hydrogens (tertiary/aromatic N) is 4. The van der Waals surface area contributed by atoms with Gasteiger partial charge < -0.3 is 9.13 Å². The van der Waals surface area contributed by atoms with Crippen molar-refractivity contribution in [3.8, 4) is 45.1 Å². The lowest BCUT2D eigenvalue weighted by Gasteiger charge is -2.12. The monoisotopic (exact) mass is 638 g/mol. The predicted molar refractivity (Wildman–Crippen MR) is 207 cm³/mol. The van der Waals surface area contributed by atoms with Crippen molar-refractivity contribution in [2.75, 3.05) is 0 Å². The summed E-state index contributed by atoms with van der Waals surface area (Å²) in [6.07, 6.45) is 2.18. The van der Waals surface area contributed by atoms with Crippen molar-refractivity contribution in [2.24, 2.45) is 0 Å². The second-order valence-electron chi connectivity index (χ2n) is 12.7. The molecule has 10 rings (SSSR count). The van der Waals surface area contributed by atoms with Gasteiger partial charge >= 0.3 is 0 Å². The van der Waals surface area contributed by atoms with Gasteiger partial charge in [-0.2, -0.15) is 0 Å². The van der Waals surface area contributed by atoms with E-state index in [-0.39, 0.29) is 0 Å². The first kappa shape index (κ1) is 28.3. The van der Waals surface area contributed by atoms with Crippen LogP contribution in [0, 0.1) is 0 Å². The van der Waals surface area contributed by atoms with Gasteiger partial charge in [-0.05, 0) is 77.9 Å². The van der Waals surface area contributed by atoms with Crippen LogP contribution in [0.4, 0.5) is 0 Å². The van der Waals surface area contributed by atoms with Gasteiger partial charge in [0.2, 0.25) is 0 Å². The standard InChI is InChI=1S/C46H30N4/c1-3-11-31(12-4-1)32-19-21-33(22-20-32)45-37-15-7-9-17-40(37)47-46(48-45)34-23-25-36(26-24-34)50-42-18-10-8-16-38(42)44-39-29-30-49(35-13-5-2-6-14-35)41(39)27-28-43(44)50/h1-30H. The third-order valence-corrected chi connectivity index (χ3v) is 9.79. The summed E-state index contributed by atoms with van der Waals surface area (Å²) in [5.41, 5.74) is 12.1. The van der Waals surface area contributed by atoms with Crippen LogP contribution in [0.15, 0.2) is 182 Å². The van der Waals surface area contributed by atoms with Gasteiger partial charge in [0.25, 0.3) is 0 Å². The van der Waals surface area contributed by atoms with Gasteiger partial charge in [-0.15, -0.1) is 0 Å². The highest BCUT2D eigenvalue weighted by Crippen LogP contribution is 2.38. The fraction of sp³-hybridized carbons (Fsp3) is 0. The molecule has 234 valence electrons. The molecule has 0 bridgehead atoms. The van der Waals surface area contributed by atoms with Gasteiger partial charge in [0.05, 0.1) is 27.8 Å². The number of aromatic nitrogens is 4. The van der Waals surface area contributed by atoms with Crippen LogP contribution in [0.1, 0.15) is 0 Å². The predicted octanol–water partition coefficient (Wildman–Crippen LogP) is 11.7. The van der Waals surface area contributed by atoms with Gasteiger partial charge in [0, 0.05) is 50.2 Å². The molecule has 0 aliphatic rings. The highest BCUT2D eigenvalue weighted by Gasteiger charge is 2.17. The summed E-state index contributed by atoms with van der Waals surface area (Å²) in [7, 11) is 0. The Morgan fingerprint density at radius 3 is 1.76 bits per heavy atom. The van der Waals surface area contributed by atoms with Crippen molar-refractivity contribution < 1.29 is 0 Å². The van der Waals surface area contributed by atoms with Crippen LogP contribution in [0.25, 0.3) is 88.8 Å². The molecule has 7 aromatic carbocycles. The minimum atomic E-state index is 0.712. The summed E-state index contributed by atoms with van der Waals surface area (Å²) in [4.78, 5) is 10.2. The summed E-state index contributed by atoms with van der Waals surface area (Å²) >= 11 is 0. The normalized spacial score (nSPS) is 11.6. The van der Waals surface area contributed by atoms with Crippen LogP contribution in [0.3, 0.4) is 0 Å². The first-order valence-corrected chi connectivity index (χ1v) is 16.9. The summed E-state index contributed by atoms with van der Waals surface area (Å²) < 4.78 is 4.64. The maximum atomic E-state index is 5.18. The highest BCUT2D eigenvalue weighted by atomic mass is 15.0. The van der Waals surface area contributed by atoms with E-state index in [9.17, 15) is 0 Å². The van der Waals surface area contributed by atoms with Gasteiger partial charge in [0.1, 0.15) is 0 Å². The second kappa shape index (κ2) is 11.4. The van der Waals surface area contributed by atoms with E-state index in [1.165, 1.54) is 43.8 Å². The molecule has 4 heteroatoms. The molecule has 0 saturated carbocycles. The fourth-order valence-electron chi connectivity index (χ4n) is 7.41. The molecular formula is C46H30N4. The number of benzene rings is 7. The van der Waals surface area contributed by atoms with Crippen molar-refractivity contribution >= 4 is 43.6 Å². The van der Waals surface area contributed by atoms with Crippen molar-refractivity contribution in [3.05, 3.63) is 182 Å². The zero-order chi connectivity index (χ0) is 33.0. The number of hydrogen-bond acceptors (Lipinski definition) is 2. The van der Waals surface area contributed by atoms with Crippen LogP contribution in [-0.2, 0) is 0 Å². The van der Waals surface area contributed by atoms with E-state index in [1.54, 1.807) is 0 Å². The smallest absolute Gasteiger partial charge is 0.160 e. The Morgan fingerprint density at radius 2 is 0.960 bits per heavy atom. The van der Waals surface area contributed by atoms with E-state index in [0.29, 0.717) is 5.82 Å². The van der Waals surface area contributed by atoms with Crippen LogP contribution in [0.2, 0.25) is 0 Å². The number of para-hydroxylation sites is 3. The van der Waals surface area contributed by atoms with E-state index in [1.807, 2.05) is 12.1 Å². The molecule has 0 saturated heterocycles. The van der Waals surface area contributed by atoms with E-state index in [2.05, 4.69) is 179 Å². The third kappa shape index (κ3) is 4.54. The largest absolute Gasteiger partial charge is 0.317 e. The van der Waals surface area contributed by atoms with Crippen LogP contribution < -0.4 is 0 Å². The summed E-state index contributed by atoms with van der Waals surface area (Å²) in [5, 5.41) is 4.78. The molecule has 10 aromatic rings. The highest BCUT2D eigenvalue weighted by molar-refractivity contribution is 6.21. The van der Waals surface area contributed by atoms with Crippen molar-refractivity contribution in [1.29, 1.82) is 0 Å². The zero-order valence-electron chi connectivity index (χ0n) is 27.1. The molecule has 0 amide bonds. The summed E-state index contributed by atoms with van der Waals surface area (Å²) in [6, 6.07) is 62.1. The van der Waals surface area contributed by atoms with E-state index < -0.39 is 0 Å². The van der Waals surface area contributed by atoms with Gasteiger partial charge in [-0.1, -0.05) is 109 Å². The van der Waals surface area contributed by atoms with Crippen LogP contribution >= 0.6 is 0 Å². The third-order valence-electron chi connectivity index (χ3n) is 9.79. The molecule has 0 unspecified atom stereocenters. The van der Waals surface area contributed by atoms with Crippen molar-refractivity contribution in [1.82, 2.24) is 19.1 Å². The first-order valence-electron chi connectivity index (χ1n) is 16.9. The lowest BCUT2D eigenvalue weighted by molar-refractivity contribution is 1.13. The van der Waals surface area contributed by atoms with E-state index in [4.69, 9.17) is 9.97 Å². The van der Waals surface area contributed by atoms with Gasteiger partial charge in [-0.3, -0.25) is 0 Å². The topological polar surface area (TPSA) is 35.6 Å². The molecule has 3 heterocycles. The van der Waals surface area contributed by atoms with Crippen LogP contribution in [0.5, 0.6) is 0 Å². The number of rotatable bonds is 5. The van der Waals surface area contributed by atoms with Crippen LogP contribution in [-0.4, -0.2) is 19.1 Å². The maximum Gasteiger partial charge on any atom is 0.160 e. The zero-order valence-corrected chi connectivity index (χ0v) is 27.1. The molecule has 4 nitrogen and oxygen atoms in total. The molecule has 0 atom stereocenters. The van der Waals surface area contributed by atoms with E-state index in [0.717, 1.165) is 39.1 Å². The average Bonchev–Trinajstić information content (AvgIpc) is 3.78. The molecule has 0 radical (unpaired) electrons. The Hall–Kier alpha value is -6.78. The Balaban J connectivity index is 1.08. The average molecular weight is 639 g/mol. The van der Waals surface area contributed by atoms with Gasteiger partial charge in [0.15, 0.2) is 5.82 Å². The molecule has 0 aliphatic carbocycles. The molecule has 0 spiro atoms. The Labute approximate surface area is 289 Å². The SMILES string of the molecule is c1ccc(-c2ccc(-c3nc(-c4ccc(-n5c6ccccc6c6c7ccn(-c8ccccc8)c7ccc65)cc4)nc4ccccc34)cc2)cc1. The Bertz CT molecular complexity index is 2830. The second-order valence-corrected chi connectivity index (χ2v) is 12.7. The molecular weight excluding hydrogens is 609 g/mol. The molecule has 3 aromatic heterocycles. The lowest BCUT2D eigenvalue weighted by atomic mass is 10.0. The van der Waals surface area contributed by atoms with Gasteiger partial charge in [-0.25, -0.2) is 9.97 Å². The van der Waals surface area contributed by atoms with Crippen molar-refractivity contribution in [2.45, 2.75) is 0 Å². The summed E-state index contributed by atoms with van der Waals surface area (Å²) in [5.74, 6) is 0.712. The van der Waals surface area contributed by atoms with Crippen molar-refractivity contribution in [3.63, 3.8) is 0 Å². The molecule has 0 aliphatic heterocycles. The molecule has 50 heavy (non-hydrogen) atoms. The van der Waals surface area contributed by atoms with E-state index >= 15 is 0 Å². The fourth-order valence-corrected chi connectivity index (χ4v) is 7.41. The quantitative estimate of drug-likeness (QED) is 0.188. The number of hydrogen-bond donors (Lipinski definition) is 0.